The molecule has 4 nitrogen and oxygen atoms in total. The van der Waals surface area contributed by atoms with Gasteiger partial charge in [0.15, 0.2) is 0 Å². The average Bonchev–Trinajstić information content (AvgIpc) is 2.65. The number of nitrogens with zero attached hydrogens (tertiary/aromatic N) is 1. The van der Waals surface area contributed by atoms with E-state index in [-0.39, 0.29) is 23.7 Å². The topological polar surface area (TPSA) is 46.6 Å². The molecular formula is C21H29NO3. The molecule has 1 aromatic carbocycles. The van der Waals surface area contributed by atoms with Gasteiger partial charge in [-0.15, -0.1) is 0 Å². The first kappa shape index (κ1) is 18.1. The quantitative estimate of drug-likeness (QED) is 0.761. The van der Waals surface area contributed by atoms with E-state index in [9.17, 15) is 9.59 Å². The summed E-state index contributed by atoms with van der Waals surface area (Å²) < 4.78 is 5.41. The summed E-state index contributed by atoms with van der Waals surface area (Å²) in [5.74, 6) is -0.190. The van der Waals surface area contributed by atoms with Crippen LogP contribution in [0.1, 0.15) is 63.5 Å². The molecular weight excluding hydrogens is 314 g/mol. The minimum Gasteiger partial charge on any atom is -0.465 e. The van der Waals surface area contributed by atoms with Crippen LogP contribution in [0, 0.1) is 5.92 Å². The van der Waals surface area contributed by atoms with E-state index in [1.165, 1.54) is 5.56 Å². The Morgan fingerprint density at radius 2 is 1.92 bits per heavy atom. The Labute approximate surface area is 150 Å². The molecule has 2 aliphatic rings. The predicted molar refractivity (Wildman–Crippen MR) is 97.1 cm³/mol. The number of esters is 1. The predicted octanol–water partition coefficient (Wildman–Crippen LogP) is 3.90. The number of likely N-dealkylation sites (tertiary alicyclic amines) is 1. The molecule has 0 aromatic heterocycles. The molecule has 4 heteroatoms. The minimum atomic E-state index is -0.432. The SMILES string of the molecule is CCOC(=O)C(C1CCCCC1=O)N1CCCCC1c1ccccc1. The summed E-state index contributed by atoms with van der Waals surface area (Å²) in [6.07, 6.45) is 6.64. The third-order valence-electron chi connectivity index (χ3n) is 5.60. The fraction of sp³-hybridized carbons (Fsp3) is 0.619. The molecule has 25 heavy (non-hydrogen) atoms. The van der Waals surface area contributed by atoms with Gasteiger partial charge in [0.2, 0.25) is 0 Å². The Kier molecular flexibility index (Phi) is 6.24. The van der Waals surface area contributed by atoms with Crippen LogP contribution in [0.15, 0.2) is 30.3 Å². The maximum Gasteiger partial charge on any atom is 0.324 e. The molecule has 1 saturated heterocycles. The van der Waals surface area contributed by atoms with Crippen LogP contribution in [0.4, 0.5) is 0 Å². The Morgan fingerprint density at radius 1 is 1.16 bits per heavy atom. The number of hydrogen-bond donors (Lipinski definition) is 0. The summed E-state index contributed by atoms with van der Waals surface area (Å²) in [5.41, 5.74) is 1.24. The fourth-order valence-electron chi connectivity index (χ4n) is 4.42. The Balaban J connectivity index is 1.91. The number of carbonyl (C=O) groups is 2. The van der Waals surface area contributed by atoms with E-state index in [0.29, 0.717) is 13.0 Å². The third-order valence-corrected chi connectivity index (χ3v) is 5.60. The fourth-order valence-corrected chi connectivity index (χ4v) is 4.42. The molecule has 1 heterocycles. The van der Waals surface area contributed by atoms with Gasteiger partial charge in [-0.05, 0) is 44.7 Å². The van der Waals surface area contributed by atoms with Crippen LogP contribution in [0.25, 0.3) is 0 Å². The van der Waals surface area contributed by atoms with Crippen LogP contribution in [0.2, 0.25) is 0 Å². The highest BCUT2D eigenvalue weighted by atomic mass is 16.5. The summed E-state index contributed by atoms with van der Waals surface area (Å²) in [6.45, 7) is 3.05. The van der Waals surface area contributed by atoms with E-state index in [0.717, 1.165) is 45.1 Å². The van der Waals surface area contributed by atoms with Crippen molar-refractivity contribution < 1.29 is 14.3 Å². The third kappa shape index (κ3) is 4.12. The molecule has 1 aliphatic heterocycles. The number of piperidine rings is 1. The molecule has 0 bridgehead atoms. The molecule has 0 N–H and O–H groups in total. The lowest BCUT2D eigenvalue weighted by atomic mass is 9.80. The van der Waals surface area contributed by atoms with Gasteiger partial charge in [0.1, 0.15) is 11.8 Å². The first-order valence-electron chi connectivity index (χ1n) is 9.72. The van der Waals surface area contributed by atoms with Crippen molar-refractivity contribution in [2.45, 2.75) is 64.0 Å². The van der Waals surface area contributed by atoms with E-state index in [2.05, 4.69) is 17.0 Å². The first-order chi connectivity index (χ1) is 12.2. The highest BCUT2D eigenvalue weighted by Crippen LogP contribution is 2.37. The molecule has 136 valence electrons. The van der Waals surface area contributed by atoms with Crippen LogP contribution in [0.5, 0.6) is 0 Å². The maximum atomic E-state index is 12.8. The van der Waals surface area contributed by atoms with Gasteiger partial charge in [-0.25, -0.2) is 0 Å². The van der Waals surface area contributed by atoms with Crippen molar-refractivity contribution in [1.82, 2.24) is 4.90 Å². The number of carbonyl (C=O) groups excluding carboxylic acids is 2. The van der Waals surface area contributed by atoms with Crippen LogP contribution in [-0.2, 0) is 14.3 Å². The number of hydrogen-bond acceptors (Lipinski definition) is 4. The van der Waals surface area contributed by atoms with E-state index in [4.69, 9.17) is 4.74 Å². The number of benzene rings is 1. The second-order valence-corrected chi connectivity index (χ2v) is 7.18. The number of Topliss-reactive ketones (excluding diaryl/α,β-unsaturated/α-hetero) is 1. The lowest BCUT2D eigenvalue weighted by Crippen LogP contribution is -2.53. The molecule has 2 fully saturated rings. The first-order valence-corrected chi connectivity index (χ1v) is 9.72. The summed E-state index contributed by atoms with van der Waals surface area (Å²) in [6, 6.07) is 10.1. The smallest absolute Gasteiger partial charge is 0.324 e. The Hall–Kier alpha value is -1.68. The van der Waals surface area contributed by atoms with Gasteiger partial charge >= 0.3 is 5.97 Å². The van der Waals surface area contributed by atoms with Crippen molar-refractivity contribution in [3.05, 3.63) is 35.9 Å². The van der Waals surface area contributed by atoms with Crippen LogP contribution >= 0.6 is 0 Å². The largest absolute Gasteiger partial charge is 0.465 e. The van der Waals surface area contributed by atoms with E-state index < -0.39 is 6.04 Å². The minimum absolute atomic E-state index is 0.194. The van der Waals surface area contributed by atoms with E-state index >= 15 is 0 Å². The van der Waals surface area contributed by atoms with E-state index in [1.54, 1.807) is 0 Å². The van der Waals surface area contributed by atoms with Crippen molar-refractivity contribution in [2.75, 3.05) is 13.2 Å². The number of ether oxygens (including phenoxy) is 1. The number of rotatable bonds is 5. The normalized spacial score (nSPS) is 26.2. The summed E-state index contributed by atoms with van der Waals surface area (Å²) >= 11 is 0. The van der Waals surface area contributed by atoms with Crippen LogP contribution < -0.4 is 0 Å². The zero-order valence-corrected chi connectivity index (χ0v) is 15.2. The van der Waals surface area contributed by atoms with Crippen molar-refractivity contribution in [3.63, 3.8) is 0 Å². The summed E-state index contributed by atoms with van der Waals surface area (Å²) in [4.78, 5) is 27.7. The highest BCUT2D eigenvalue weighted by molar-refractivity contribution is 5.89. The molecule has 1 aliphatic carbocycles. The van der Waals surface area contributed by atoms with E-state index in [1.807, 2.05) is 25.1 Å². The second-order valence-electron chi connectivity index (χ2n) is 7.18. The van der Waals surface area contributed by atoms with Gasteiger partial charge in [0, 0.05) is 18.4 Å². The van der Waals surface area contributed by atoms with Gasteiger partial charge < -0.3 is 4.74 Å². The highest BCUT2D eigenvalue weighted by Gasteiger charge is 2.43. The lowest BCUT2D eigenvalue weighted by molar-refractivity contribution is -0.157. The van der Waals surface area contributed by atoms with Crippen molar-refractivity contribution in [3.8, 4) is 0 Å². The zero-order chi connectivity index (χ0) is 17.6. The molecule has 0 spiro atoms. The van der Waals surface area contributed by atoms with Crippen LogP contribution in [-0.4, -0.2) is 35.8 Å². The summed E-state index contributed by atoms with van der Waals surface area (Å²) in [7, 11) is 0. The zero-order valence-electron chi connectivity index (χ0n) is 15.2. The summed E-state index contributed by atoms with van der Waals surface area (Å²) in [5, 5.41) is 0. The van der Waals surface area contributed by atoms with Gasteiger partial charge in [0.25, 0.3) is 0 Å². The molecule has 1 saturated carbocycles. The maximum absolute atomic E-state index is 12.8. The molecule has 1 aromatic rings. The molecule has 3 rings (SSSR count). The Morgan fingerprint density at radius 3 is 2.64 bits per heavy atom. The molecule has 0 radical (unpaired) electrons. The van der Waals surface area contributed by atoms with Gasteiger partial charge in [0.05, 0.1) is 6.61 Å². The number of ketones is 1. The van der Waals surface area contributed by atoms with Crippen molar-refractivity contribution >= 4 is 11.8 Å². The monoisotopic (exact) mass is 343 g/mol. The van der Waals surface area contributed by atoms with Gasteiger partial charge in [-0.3, -0.25) is 14.5 Å². The molecule has 3 unspecified atom stereocenters. The Bertz CT molecular complexity index is 586. The standard InChI is InChI=1S/C21H29NO3/c1-2-25-21(24)20(17-12-6-7-14-19(17)23)22-15-9-8-13-18(22)16-10-4-3-5-11-16/h3-5,10-11,17-18,20H,2,6-9,12-15H2,1H3. The van der Waals surface area contributed by atoms with Gasteiger partial charge in [-0.2, -0.15) is 0 Å². The van der Waals surface area contributed by atoms with Crippen LogP contribution in [0.3, 0.4) is 0 Å². The molecule has 3 atom stereocenters. The lowest BCUT2D eigenvalue weighted by Gasteiger charge is -2.43. The average molecular weight is 343 g/mol. The van der Waals surface area contributed by atoms with Crippen molar-refractivity contribution in [2.24, 2.45) is 5.92 Å². The van der Waals surface area contributed by atoms with Crippen molar-refractivity contribution in [1.29, 1.82) is 0 Å². The second kappa shape index (κ2) is 8.61. The van der Waals surface area contributed by atoms with Gasteiger partial charge in [-0.1, -0.05) is 43.2 Å². The molecule has 0 amide bonds.